The van der Waals surface area contributed by atoms with Crippen LogP contribution in [0.25, 0.3) is 0 Å². The van der Waals surface area contributed by atoms with Gasteiger partial charge in [0.2, 0.25) is 0 Å². The lowest BCUT2D eigenvalue weighted by Gasteiger charge is -2.10. The van der Waals surface area contributed by atoms with Gasteiger partial charge in [-0.25, -0.2) is 4.39 Å². The second kappa shape index (κ2) is 6.68. The van der Waals surface area contributed by atoms with Gasteiger partial charge >= 0.3 is 6.18 Å². The lowest BCUT2D eigenvalue weighted by Crippen LogP contribution is -2.07. The van der Waals surface area contributed by atoms with Gasteiger partial charge in [-0.1, -0.05) is 12.1 Å². The Morgan fingerprint density at radius 1 is 1.05 bits per heavy atom. The van der Waals surface area contributed by atoms with Crippen LogP contribution in [0, 0.1) is 5.82 Å². The fourth-order valence-electron chi connectivity index (χ4n) is 1.98. The van der Waals surface area contributed by atoms with E-state index in [9.17, 15) is 17.6 Å². The molecule has 0 fully saturated rings. The molecule has 22 heavy (non-hydrogen) atoms. The van der Waals surface area contributed by atoms with Gasteiger partial charge in [-0.3, -0.25) is 0 Å². The molecule has 0 radical (unpaired) electrons. The van der Waals surface area contributed by atoms with Crippen LogP contribution in [-0.2, 0) is 12.6 Å². The molecule has 2 aromatic carbocycles. The van der Waals surface area contributed by atoms with Crippen LogP contribution in [0.1, 0.15) is 11.1 Å². The highest BCUT2D eigenvalue weighted by Crippen LogP contribution is 2.29. The summed E-state index contributed by atoms with van der Waals surface area (Å²) < 4.78 is 55.4. The average Bonchev–Trinajstić information content (AvgIpc) is 2.48. The SMILES string of the molecule is COc1cc(NCCc2ccc(C(F)(F)F)cc2)ccc1F. The van der Waals surface area contributed by atoms with Crippen molar-refractivity contribution in [1.82, 2.24) is 0 Å². The van der Waals surface area contributed by atoms with Gasteiger partial charge in [0, 0.05) is 18.3 Å². The molecule has 6 heteroatoms. The summed E-state index contributed by atoms with van der Waals surface area (Å²) in [4.78, 5) is 0. The molecule has 0 aliphatic carbocycles. The molecule has 1 N–H and O–H groups in total. The third kappa shape index (κ3) is 4.13. The summed E-state index contributed by atoms with van der Waals surface area (Å²) in [6.07, 6.45) is -3.76. The van der Waals surface area contributed by atoms with E-state index in [0.29, 0.717) is 18.7 Å². The van der Waals surface area contributed by atoms with Crippen LogP contribution in [-0.4, -0.2) is 13.7 Å². The number of hydrogen-bond acceptors (Lipinski definition) is 2. The fraction of sp³-hybridized carbons (Fsp3) is 0.250. The van der Waals surface area contributed by atoms with E-state index in [4.69, 9.17) is 4.74 Å². The highest BCUT2D eigenvalue weighted by Gasteiger charge is 2.29. The van der Waals surface area contributed by atoms with E-state index < -0.39 is 17.6 Å². The van der Waals surface area contributed by atoms with Crippen molar-refractivity contribution in [2.45, 2.75) is 12.6 Å². The van der Waals surface area contributed by atoms with Gasteiger partial charge in [-0.2, -0.15) is 13.2 Å². The molecule has 0 aromatic heterocycles. The van der Waals surface area contributed by atoms with Gasteiger partial charge in [-0.15, -0.1) is 0 Å². The summed E-state index contributed by atoms with van der Waals surface area (Å²) in [5, 5.41) is 3.07. The Bertz CT molecular complexity index is 623. The normalized spacial score (nSPS) is 11.3. The molecule has 2 aromatic rings. The van der Waals surface area contributed by atoms with Crippen LogP contribution in [0.4, 0.5) is 23.2 Å². The molecule has 0 aliphatic heterocycles. The molecule has 0 atom stereocenters. The lowest BCUT2D eigenvalue weighted by molar-refractivity contribution is -0.137. The Balaban J connectivity index is 1.91. The van der Waals surface area contributed by atoms with E-state index in [0.717, 1.165) is 17.7 Å². The molecule has 0 saturated carbocycles. The summed E-state index contributed by atoms with van der Waals surface area (Å²) in [5.41, 5.74) is 0.812. The Morgan fingerprint density at radius 2 is 1.73 bits per heavy atom. The first-order valence-electron chi connectivity index (χ1n) is 6.63. The zero-order valence-electron chi connectivity index (χ0n) is 11.9. The molecule has 0 bridgehead atoms. The molecule has 0 spiro atoms. The van der Waals surface area contributed by atoms with Crippen molar-refractivity contribution in [1.29, 1.82) is 0 Å². The number of nitrogens with one attached hydrogen (secondary N) is 1. The summed E-state index contributed by atoms with van der Waals surface area (Å²) >= 11 is 0. The summed E-state index contributed by atoms with van der Waals surface area (Å²) in [6, 6.07) is 9.43. The van der Waals surface area contributed by atoms with Gasteiger partial charge in [-0.05, 0) is 36.2 Å². The first-order chi connectivity index (χ1) is 10.4. The number of hydrogen-bond donors (Lipinski definition) is 1. The molecule has 0 unspecified atom stereocenters. The molecule has 2 nitrogen and oxygen atoms in total. The number of methoxy groups -OCH3 is 1. The predicted octanol–water partition coefficient (Wildman–Crippen LogP) is 4.51. The largest absolute Gasteiger partial charge is 0.494 e. The van der Waals surface area contributed by atoms with Gasteiger partial charge in [0.15, 0.2) is 11.6 Å². The monoisotopic (exact) mass is 313 g/mol. The van der Waals surface area contributed by atoms with Crippen molar-refractivity contribution in [3.8, 4) is 5.75 Å². The van der Waals surface area contributed by atoms with Gasteiger partial charge in [0.1, 0.15) is 0 Å². The van der Waals surface area contributed by atoms with Gasteiger partial charge < -0.3 is 10.1 Å². The highest BCUT2D eigenvalue weighted by atomic mass is 19.4. The second-order valence-electron chi connectivity index (χ2n) is 4.72. The van der Waals surface area contributed by atoms with Crippen LogP contribution >= 0.6 is 0 Å². The zero-order valence-corrected chi connectivity index (χ0v) is 11.9. The van der Waals surface area contributed by atoms with Gasteiger partial charge in [0.05, 0.1) is 12.7 Å². The second-order valence-corrected chi connectivity index (χ2v) is 4.72. The number of alkyl halides is 3. The van der Waals surface area contributed by atoms with E-state index in [2.05, 4.69) is 5.32 Å². The third-order valence-corrected chi connectivity index (χ3v) is 3.18. The van der Waals surface area contributed by atoms with Crippen molar-refractivity contribution in [2.24, 2.45) is 0 Å². The highest BCUT2D eigenvalue weighted by molar-refractivity contribution is 5.48. The van der Waals surface area contributed by atoms with Crippen molar-refractivity contribution < 1.29 is 22.3 Å². The average molecular weight is 313 g/mol. The molecule has 0 saturated heterocycles. The maximum absolute atomic E-state index is 13.2. The lowest BCUT2D eigenvalue weighted by atomic mass is 10.1. The molecule has 0 aliphatic rings. The molecule has 2 rings (SSSR count). The van der Waals surface area contributed by atoms with Crippen LogP contribution < -0.4 is 10.1 Å². The summed E-state index contributed by atoms with van der Waals surface area (Å²) in [7, 11) is 1.38. The first-order valence-corrected chi connectivity index (χ1v) is 6.63. The third-order valence-electron chi connectivity index (χ3n) is 3.18. The minimum absolute atomic E-state index is 0.138. The predicted molar refractivity (Wildman–Crippen MR) is 76.6 cm³/mol. The Morgan fingerprint density at radius 3 is 2.32 bits per heavy atom. The number of halogens is 4. The quantitative estimate of drug-likeness (QED) is 0.820. The fourth-order valence-corrected chi connectivity index (χ4v) is 1.98. The van der Waals surface area contributed by atoms with Crippen LogP contribution in [0.15, 0.2) is 42.5 Å². The van der Waals surface area contributed by atoms with Crippen molar-refractivity contribution in [3.63, 3.8) is 0 Å². The molecular weight excluding hydrogens is 298 g/mol. The van der Waals surface area contributed by atoms with Gasteiger partial charge in [0.25, 0.3) is 0 Å². The van der Waals surface area contributed by atoms with E-state index in [1.165, 1.54) is 31.4 Å². The molecular formula is C16H15F4NO. The molecule has 0 amide bonds. The number of anilines is 1. The maximum atomic E-state index is 13.2. The molecule has 0 heterocycles. The minimum atomic E-state index is -4.32. The van der Waals surface area contributed by atoms with E-state index in [1.54, 1.807) is 6.07 Å². The van der Waals surface area contributed by atoms with Crippen molar-refractivity contribution in [3.05, 3.63) is 59.4 Å². The topological polar surface area (TPSA) is 21.3 Å². The number of rotatable bonds is 5. The van der Waals surface area contributed by atoms with Crippen LogP contribution in [0.2, 0.25) is 0 Å². The number of ether oxygens (including phenoxy) is 1. The minimum Gasteiger partial charge on any atom is -0.494 e. The smallest absolute Gasteiger partial charge is 0.416 e. The summed E-state index contributed by atoms with van der Waals surface area (Å²) in [5.74, 6) is -0.310. The Kier molecular flexibility index (Phi) is 4.90. The Hall–Kier alpha value is -2.24. The van der Waals surface area contributed by atoms with Crippen LogP contribution in [0.5, 0.6) is 5.75 Å². The first kappa shape index (κ1) is 16.1. The van der Waals surface area contributed by atoms with E-state index in [1.807, 2.05) is 0 Å². The number of benzene rings is 2. The van der Waals surface area contributed by atoms with Crippen LogP contribution in [0.3, 0.4) is 0 Å². The summed E-state index contributed by atoms with van der Waals surface area (Å²) in [6.45, 7) is 0.514. The van der Waals surface area contributed by atoms with Crippen molar-refractivity contribution >= 4 is 5.69 Å². The Labute approximate surface area is 125 Å². The zero-order chi connectivity index (χ0) is 16.2. The van der Waals surface area contributed by atoms with E-state index >= 15 is 0 Å². The maximum Gasteiger partial charge on any atom is 0.416 e. The standard InChI is InChI=1S/C16H15F4NO/c1-22-15-10-13(6-7-14(15)17)21-9-8-11-2-4-12(5-3-11)16(18,19)20/h2-7,10,21H,8-9H2,1H3. The molecule has 118 valence electrons. The van der Waals surface area contributed by atoms with Crippen molar-refractivity contribution in [2.75, 3.05) is 19.0 Å². The van der Waals surface area contributed by atoms with E-state index in [-0.39, 0.29) is 5.75 Å².